The Morgan fingerprint density at radius 2 is 1.86 bits per heavy atom. The van der Waals surface area contributed by atoms with E-state index >= 15 is 0 Å². The summed E-state index contributed by atoms with van der Waals surface area (Å²) in [5.74, 6) is 1.32. The molecule has 156 valence electrons. The Morgan fingerprint density at radius 1 is 1.10 bits per heavy atom. The molecule has 1 N–H and O–H groups in total. The van der Waals surface area contributed by atoms with E-state index in [1.807, 2.05) is 35.2 Å². The first-order chi connectivity index (χ1) is 14.1. The van der Waals surface area contributed by atoms with E-state index in [0.717, 1.165) is 18.4 Å². The molecule has 3 rings (SSSR count). The van der Waals surface area contributed by atoms with Crippen LogP contribution in [0.2, 0.25) is 0 Å². The molecule has 1 aromatic heterocycles. The predicted molar refractivity (Wildman–Crippen MR) is 108 cm³/mol. The van der Waals surface area contributed by atoms with E-state index < -0.39 is 0 Å². The monoisotopic (exact) mass is 399 g/mol. The van der Waals surface area contributed by atoms with Crippen LogP contribution in [-0.2, 0) is 29.0 Å². The van der Waals surface area contributed by atoms with E-state index in [1.54, 1.807) is 0 Å². The summed E-state index contributed by atoms with van der Waals surface area (Å²) in [4.78, 5) is 32.8. The minimum Gasteiger partial charge on any atom is -0.351 e. The largest absolute Gasteiger partial charge is 0.351 e. The van der Waals surface area contributed by atoms with Gasteiger partial charge in [-0.3, -0.25) is 14.5 Å². The topological polar surface area (TPSA) is 91.6 Å². The number of piperazine rings is 1. The lowest BCUT2D eigenvalue weighted by Crippen LogP contribution is -2.51. The molecule has 2 heterocycles. The minimum atomic E-state index is 0.00732. The van der Waals surface area contributed by atoms with E-state index in [9.17, 15) is 9.59 Å². The van der Waals surface area contributed by atoms with Gasteiger partial charge in [0, 0.05) is 52.0 Å². The first-order valence-electron chi connectivity index (χ1n) is 10.3. The zero-order valence-electron chi connectivity index (χ0n) is 17.0. The highest BCUT2D eigenvalue weighted by Gasteiger charge is 2.22. The summed E-state index contributed by atoms with van der Waals surface area (Å²) < 4.78 is 5.19. The number of aryl methyl sites for hydroxylation is 2. The summed E-state index contributed by atoms with van der Waals surface area (Å²) in [5, 5.41) is 6.86. The van der Waals surface area contributed by atoms with E-state index in [-0.39, 0.29) is 11.8 Å². The number of benzene rings is 1. The standard InChI is InChI=1S/C21H29N5O3/c1-2-6-18-23-20(29-24-18)9-10-21(28)26-13-11-25(12-14-26)16-19(27)22-15-17-7-4-3-5-8-17/h3-5,7-8H,2,6,9-16H2,1H3,(H,22,27). The summed E-state index contributed by atoms with van der Waals surface area (Å²) >= 11 is 0. The number of hydrogen-bond donors (Lipinski definition) is 1. The fourth-order valence-electron chi connectivity index (χ4n) is 3.30. The smallest absolute Gasteiger partial charge is 0.234 e. The van der Waals surface area contributed by atoms with Crippen LogP contribution in [0.15, 0.2) is 34.9 Å². The van der Waals surface area contributed by atoms with Gasteiger partial charge in [0.05, 0.1) is 6.54 Å². The molecule has 0 bridgehead atoms. The highest BCUT2D eigenvalue weighted by Crippen LogP contribution is 2.08. The molecule has 0 radical (unpaired) electrons. The Labute approximate surface area is 171 Å². The number of carbonyl (C=O) groups excluding carboxylic acids is 2. The second-order valence-electron chi connectivity index (χ2n) is 7.27. The first kappa shape index (κ1) is 21.0. The lowest BCUT2D eigenvalue weighted by molar-refractivity contribution is -0.133. The van der Waals surface area contributed by atoms with E-state index in [1.165, 1.54) is 0 Å². The number of aromatic nitrogens is 2. The molecule has 8 heteroatoms. The third-order valence-electron chi connectivity index (χ3n) is 4.96. The maximum Gasteiger partial charge on any atom is 0.234 e. The molecule has 1 saturated heterocycles. The minimum absolute atomic E-state index is 0.00732. The number of nitrogens with zero attached hydrogens (tertiary/aromatic N) is 4. The van der Waals surface area contributed by atoms with Gasteiger partial charge in [-0.05, 0) is 12.0 Å². The van der Waals surface area contributed by atoms with Gasteiger partial charge in [0.1, 0.15) is 0 Å². The summed E-state index contributed by atoms with van der Waals surface area (Å²) in [6.45, 7) is 5.62. The number of carbonyl (C=O) groups is 2. The summed E-state index contributed by atoms with van der Waals surface area (Å²) in [6.07, 6.45) is 2.59. The van der Waals surface area contributed by atoms with Crippen LogP contribution < -0.4 is 5.32 Å². The van der Waals surface area contributed by atoms with Crippen molar-refractivity contribution in [3.8, 4) is 0 Å². The van der Waals surface area contributed by atoms with Crippen LogP contribution in [0.25, 0.3) is 0 Å². The maximum atomic E-state index is 12.4. The molecule has 1 aromatic carbocycles. The normalized spacial score (nSPS) is 14.7. The van der Waals surface area contributed by atoms with Crippen molar-refractivity contribution in [1.82, 2.24) is 25.3 Å². The number of hydrogen-bond acceptors (Lipinski definition) is 6. The summed E-state index contributed by atoms with van der Waals surface area (Å²) in [5.41, 5.74) is 1.08. The Balaban J connectivity index is 1.33. The van der Waals surface area contributed by atoms with Crippen LogP contribution in [0.1, 0.15) is 37.0 Å². The highest BCUT2D eigenvalue weighted by atomic mass is 16.5. The third-order valence-corrected chi connectivity index (χ3v) is 4.96. The van der Waals surface area contributed by atoms with Gasteiger partial charge < -0.3 is 14.7 Å². The van der Waals surface area contributed by atoms with Gasteiger partial charge in [-0.25, -0.2) is 0 Å². The number of rotatable bonds is 9. The SMILES string of the molecule is CCCc1noc(CCC(=O)N2CCN(CC(=O)NCc3ccccc3)CC2)n1. The van der Waals surface area contributed by atoms with Crippen LogP contribution in [0.3, 0.4) is 0 Å². The van der Waals surface area contributed by atoms with Crippen LogP contribution in [-0.4, -0.2) is 64.5 Å². The number of amides is 2. The second-order valence-corrected chi connectivity index (χ2v) is 7.27. The lowest BCUT2D eigenvalue weighted by Gasteiger charge is -2.34. The third kappa shape index (κ3) is 6.67. The second kappa shape index (κ2) is 10.7. The molecule has 8 nitrogen and oxygen atoms in total. The molecule has 1 aliphatic rings. The first-order valence-corrected chi connectivity index (χ1v) is 10.3. The molecular formula is C21H29N5O3. The van der Waals surface area contributed by atoms with Gasteiger partial charge in [-0.1, -0.05) is 42.4 Å². The molecule has 2 aromatic rings. The van der Waals surface area contributed by atoms with Gasteiger partial charge in [-0.2, -0.15) is 4.98 Å². The van der Waals surface area contributed by atoms with Gasteiger partial charge in [0.2, 0.25) is 17.7 Å². The van der Waals surface area contributed by atoms with Crippen LogP contribution >= 0.6 is 0 Å². The highest BCUT2D eigenvalue weighted by molar-refractivity contribution is 5.78. The molecule has 1 aliphatic heterocycles. The quantitative estimate of drug-likeness (QED) is 0.686. The summed E-state index contributed by atoms with van der Waals surface area (Å²) in [6, 6.07) is 9.85. The average Bonchev–Trinajstić information content (AvgIpc) is 3.19. The van der Waals surface area contributed by atoms with Gasteiger partial charge >= 0.3 is 0 Å². The van der Waals surface area contributed by atoms with E-state index in [0.29, 0.717) is 63.8 Å². The van der Waals surface area contributed by atoms with Gasteiger partial charge in [0.25, 0.3) is 0 Å². The lowest BCUT2D eigenvalue weighted by atomic mass is 10.2. The Hall–Kier alpha value is -2.74. The number of nitrogens with one attached hydrogen (secondary N) is 1. The van der Waals surface area contributed by atoms with Crippen molar-refractivity contribution in [3.05, 3.63) is 47.6 Å². The molecule has 0 atom stereocenters. The molecular weight excluding hydrogens is 370 g/mol. The van der Waals surface area contributed by atoms with Crippen molar-refractivity contribution in [3.63, 3.8) is 0 Å². The molecule has 0 unspecified atom stereocenters. The molecule has 2 amide bonds. The fraction of sp³-hybridized carbons (Fsp3) is 0.524. The van der Waals surface area contributed by atoms with Gasteiger partial charge in [0.15, 0.2) is 5.82 Å². The van der Waals surface area contributed by atoms with E-state index in [4.69, 9.17) is 4.52 Å². The molecule has 0 saturated carbocycles. The predicted octanol–water partition coefficient (Wildman–Crippen LogP) is 1.42. The Bertz CT molecular complexity index is 785. The maximum absolute atomic E-state index is 12.4. The van der Waals surface area contributed by atoms with Crippen LogP contribution in [0.5, 0.6) is 0 Å². The van der Waals surface area contributed by atoms with Gasteiger partial charge in [-0.15, -0.1) is 0 Å². The fourth-order valence-corrected chi connectivity index (χ4v) is 3.30. The van der Waals surface area contributed by atoms with Crippen molar-refractivity contribution < 1.29 is 14.1 Å². The van der Waals surface area contributed by atoms with Crippen molar-refractivity contribution in [2.75, 3.05) is 32.7 Å². The Morgan fingerprint density at radius 3 is 2.59 bits per heavy atom. The van der Waals surface area contributed by atoms with Crippen molar-refractivity contribution in [2.45, 2.75) is 39.2 Å². The Kier molecular flexibility index (Phi) is 7.75. The zero-order valence-corrected chi connectivity index (χ0v) is 17.0. The van der Waals surface area contributed by atoms with Crippen molar-refractivity contribution in [2.24, 2.45) is 0 Å². The molecule has 1 fully saturated rings. The van der Waals surface area contributed by atoms with Crippen LogP contribution in [0, 0.1) is 0 Å². The molecule has 29 heavy (non-hydrogen) atoms. The average molecular weight is 399 g/mol. The summed E-state index contributed by atoms with van der Waals surface area (Å²) in [7, 11) is 0. The van der Waals surface area contributed by atoms with Crippen molar-refractivity contribution in [1.29, 1.82) is 0 Å². The van der Waals surface area contributed by atoms with E-state index in [2.05, 4.69) is 27.3 Å². The van der Waals surface area contributed by atoms with Crippen molar-refractivity contribution >= 4 is 11.8 Å². The zero-order chi connectivity index (χ0) is 20.5. The molecule has 0 spiro atoms. The molecule has 0 aliphatic carbocycles. The van der Waals surface area contributed by atoms with Crippen LogP contribution in [0.4, 0.5) is 0 Å².